The van der Waals surface area contributed by atoms with Gasteiger partial charge in [0.2, 0.25) is 5.91 Å². The predicted molar refractivity (Wildman–Crippen MR) is 173 cm³/mol. The minimum atomic E-state index is -3.91. The van der Waals surface area contributed by atoms with E-state index in [-0.39, 0.29) is 40.4 Å². The zero-order valence-corrected chi connectivity index (χ0v) is 28.2. The Labute approximate surface area is 271 Å². The number of aromatic nitrogens is 2. The van der Waals surface area contributed by atoms with Gasteiger partial charge in [-0.15, -0.1) is 0 Å². The lowest BCUT2D eigenvalue weighted by Gasteiger charge is -2.43. The summed E-state index contributed by atoms with van der Waals surface area (Å²) in [5.74, 6) is 0.384. The van der Waals surface area contributed by atoms with Gasteiger partial charge in [0.15, 0.2) is 9.84 Å². The molecule has 0 bridgehead atoms. The number of amides is 1. The first-order valence-corrected chi connectivity index (χ1v) is 17.9. The summed E-state index contributed by atoms with van der Waals surface area (Å²) in [6, 6.07) is 8.67. The fourth-order valence-electron chi connectivity index (χ4n) is 6.88. The van der Waals surface area contributed by atoms with Gasteiger partial charge in [-0.3, -0.25) is 9.69 Å². The van der Waals surface area contributed by atoms with Crippen LogP contribution in [0, 0.1) is 18.3 Å². The number of anilines is 2. The third-order valence-corrected chi connectivity index (χ3v) is 12.4. The van der Waals surface area contributed by atoms with Crippen molar-refractivity contribution in [3.8, 4) is 6.07 Å². The van der Waals surface area contributed by atoms with Crippen LogP contribution in [0.25, 0.3) is 0 Å². The van der Waals surface area contributed by atoms with E-state index in [1.165, 1.54) is 0 Å². The second-order valence-electron chi connectivity index (χ2n) is 13.9. The molecule has 3 aliphatic heterocycles. The molecular weight excluding hydrogens is 614 g/mol. The maximum absolute atomic E-state index is 14.2. The molecular formula is C32H44ClN7O4S. The Morgan fingerprint density at radius 1 is 1.13 bits per heavy atom. The fraction of sp³-hybridized carbons (Fsp3) is 0.656. The second-order valence-corrected chi connectivity index (χ2v) is 16.5. The Kier molecular flexibility index (Phi) is 8.61. The van der Waals surface area contributed by atoms with Crippen molar-refractivity contribution < 1.29 is 17.9 Å². The van der Waals surface area contributed by atoms with Crippen LogP contribution >= 0.6 is 11.6 Å². The molecule has 2 aromatic rings. The molecule has 4 fully saturated rings. The van der Waals surface area contributed by atoms with Gasteiger partial charge in [-0.05, 0) is 78.0 Å². The van der Waals surface area contributed by atoms with Gasteiger partial charge >= 0.3 is 0 Å². The molecule has 0 spiro atoms. The highest BCUT2D eigenvalue weighted by Gasteiger charge is 2.50. The van der Waals surface area contributed by atoms with Crippen molar-refractivity contribution in [1.82, 2.24) is 20.0 Å². The van der Waals surface area contributed by atoms with E-state index in [4.69, 9.17) is 21.4 Å². The van der Waals surface area contributed by atoms with Gasteiger partial charge in [-0.25, -0.2) is 13.1 Å². The minimum Gasteiger partial charge on any atom is -0.381 e. The van der Waals surface area contributed by atoms with Crippen LogP contribution in [0.4, 0.5) is 11.5 Å². The lowest BCUT2D eigenvalue weighted by Crippen LogP contribution is -2.53. The van der Waals surface area contributed by atoms with Gasteiger partial charge in [0.1, 0.15) is 17.4 Å². The highest BCUT2D eigenvalue weighted by molar-refractivity contribution is 7.92. The summed E-state index contributed by atoms with van der Waals surface area (Å²) in [4.78, 5) is 20.4. The second kappa shape index (κ2) is 12.1. The van der Waals surface area contributed by atoms with Gasteiger partial charge in [0, 0.05) is 63.2 Å². The molecule has 1 amide bonds. The van der Waals surface area contributed by atoms with E-state index in [9.17, 15) is 18.5 Å². The van der Waals surface area contributed by atoms with Crippen molar-refractivity contribution in [3.05, 3.63) is 35.0 Å². The van der Waals surface area contributed by atoms with Crippen LogP contribution in [-0.4, -0.2) is 97.3 Å². The van der Waals surface area contributed by atoms with E-state index in [2.05, 4.69) is 42.0 Å². The highest BCUT2D eigenvalue weighted by atomic mass is 35.5. The normalized spacial score (nSPS) is 24.4. The first-order chi connectivity index (χ1) is 21.3. The number of ether oxygens (including phenoxy) is 1. The molecule has 6 rings (SSSR count). The summed E-state index contributed by atoms with van der Waals surface area (Å²) in [5.41, 5.74) is 0.925. The van der Waals surface area contributed by atoms with Gasteiger partial charge in [0.25, 0.3) is 0 Å². The molecule has 2 atom stereocenters. The number of hydrogen-bond donors (Lipinski definition) is 1. The molecule has 1 N–H and O–H groups in total. The number of rotatable bonds is 7. The first-order valence-electron chi connectivity index (χ1n) is 16.0. The van der Waals surface area contributed by atoms with E-state index >= 15 is 0 Å². The smallest absolute Gasteiger partial charge is 0.244 e. The van der Waals surface area contributed by atoms with E-state index in [0.717, 1.165) is 56.2 Å². The molecule has 45 heavy (non-hydrogen) atoms. The quantitative estimate of drug-likeness (QED) is 0.475. The van der Waals surface area contributed by atoms with Crippen molar-refractivity contribution >= 4 is 38.9 Å². The highest BCUT2D eigenvalue weighted by Crippen LogP contribution is 2.39. The Balaban J connectivity index is 1.27. The first kappa shape index (κ1) is 32.1. The molecule has 0 radical (unpaired) electrons. The topological polar surface area (TPSA) is 124 Å². The van der Waals surface area contributed by atoms with Crippen molar-refractivity contribution in [2.45, 2.75) is 93.1 Å². The average molecular weight is 658 g/mol. The van der Waals surface area contributed by atoms with Crippen molar-refractivity contribution in [3.63, 3.8) is 0 Å². The number of nitrogens with zero attached hydrogens (tertiary/aromatic N) is 6. The van der Waals surface area contributed by atoms with E-state index in [1.807, 2.05) is 28.6 Å². The maximum atomic E-state index is 14.2. The molecule has 1 aromatic heterocycles. The summed E-state index contributed by atoms with van der Waals surface area (Å²) in [5, 5.41) is 16.7. The zero-order valence-electron chi connectivity index (χ0n) is 26.6. The number of halogens is 1. The van der Waals surface area contributed by atoms with E-state index in [0.29, 0.717) is 26.1 Å². The number of hydrogen-bond acceptors (Lipinski definition) is 9. The molecule has 244 valence electrons. The number of aryl methyl sites for hydroxylation is 1. The number of nitrogens with one attached hydrogen (secondary N) is 1. The molecule has 13 heteroatoms. The number of carbonyl (C=O) groups excluding carboxylic acids is 1. The summed E-state index contributed by atoms with van der Waals surface area (Å²) in [7, 11) is -3.91. The molecule has 3 saturated heterocycles. The van der Waals surface area contributed by atoms with Gasteiger partial charge in [0.05, 0.1) is 33.0 Å². The maximum Gasteiger partial charge on any atom is 0.244 e. The molecule has 1 saturated carbocycles. The minimum absolute atomic E-state index is 0.0806. The lowest BCUT2D eigenvalue weighted by atomic mass is 10.0. The SMILES string of the molecule is Cc1cc(N2C[C@@H](S(=O)(=O)c3ccc(N4CCN(C(C)(C)C)CC4)cc3Cl)C[C@@H]2C(=O)NC2(C#N)CC2)n(C2CCOCC2)n1. The predicted octanol–water partition coefficient (Wildman–Crippen LogP) is 3.71. The van der Waals surface area contributed by atoms with E-state index < -0.39 is 26.7 Å². The Hall–Kier alpha value is -2.85. The van der Waals surface area contributed by atoms with Crippen molar-refractivity contribution in [1.29, 1.82) is 5.26 Å². The number of carbonyl (C=O) groups is 1. The van der Waals surface area contributed by atoms with Gasteiger partial charge < -0.3 is 19.9 Å². The Bertz CT molecular complexity index is 1580. The van der Waals surface area contributed by atoms with Crippen LogP contribution in [0.3, 0.4) is 0 Å². The Morgan fingerprint density at radius 2 is 1.82 bits per heavy atom. The largest absolute Gasteiger partial charge is 0.381 e. The van der Waals surface area contributed by atoms with Crippen LogP contribution < -0.4 is 15.1 Å². The average Bonchev–Trinajstić information content (AvgIpc) is 3.44. The molecule has 4 heterocycles. The van der Waals surface area contributed by atoms with Crippen LogP contribution in [0.1, 0.15) is 64.6 Å². The van der Waals surface area contributed by atoms with Crippen LogP contribution in [0.5, 0.6) is 0 Å². The summed E-state index contributed by atoms with van der Waals surface area (Å²) in [6.45, 7) is 13.4. The third-order valence-electron chi connectivity index (χ3n) is 9.82. The summed E-state index contributed by atoms with van der Waals surface area (Å²) < 4.78 is 36.0. The number of sulfone groups is 1. The number of piperazine rings is 1. The third kappa shape index (κ3) is 6.42. The lowest BCUT2D eigenvalue weighted by molar-refractivity contribution is -0.122. The van der Waals surface area contributed by atoms with E-state index in [1.54, 1.807) is 12.1 Å². The zero-order chi connectivity index (χ0) is 32.1. The van der Waals surface area contributed by atoms with Gasteiger partial charge in [-0.1, -0.05) is 11.6 Å². The molecule has 1 aromatic carbocycles. The Morgan fingerprint density at radius 3 is 2.42 bits per heavy atom. The standard InChI is InChI=1S/C32H44ClN7O4S/c1-22-17-29(40(36-22)23-7-15-44-16-8-23)39-20-25(19-27(39)30(41)35-32(21-34)9-10-32)45(42,43)28-6-5-24(18-26(28)33)37-11-13-38(14-12-37)31(2,3)4/h5-6,17-18,23,25,27H,7-16,19-20H2,1-4H3,(H,35,41)/t25-,27+/m0/s1. The molecule has 11 nitrogen and oxygen atoms in total. The fourth-order valence-corrected chi connectivity index (χ4v) is 9.12. The van der Waals surface area contributed by atoms with Crippen LogP contribution in [0.2, 0.25) is 5.02 Å². The molecule has 0 unspecified atom stereocenters. The van der Waals surface area contributed by atoms with Crippen molar-refractivity contribution in [2.24, 2.45) is 0 Å². The van der Waals surface area contributed by atoms with Gasteiger partial charge in [-0.2, -0.15) is 10.4 Å². The van der Waals surface area contributed by atoms with Crippen LogP contribution in [-0.2, 0) is 19.4 Å². The summed E-state index contributed by atoms with van der Waals surface area (Å²) in [6.07, 6.45) is 2.84. The van der Waals surface area contributed by atoms with Crippen LogP contribution in [0.15, 0.2) is 29.2 Å². The summed E-state index contributed by atoms with van der Waals surface area (Å²) >= 11 is 6.74. The number of benzene rings is 1. The van der Waals surface area contributed by atoms with Crippen molar-refractivity contribution in [2.75, 3.05) is 55.7 Å². The molecule has 4 aliphatic rings. The monoisotopic (exact) mass is 657 g/mol. The number of nitriles is 1. The molecule has 1 aliphatic carbocycles.